The van der Waals surface area contributed by atoms with Gasteiger partial charge in [0.1, 0.15) is 5.75 Å². The lowest BCUT2D eigenvalue weighted by atomic mass is 10.1. The van der Waals surface area contributed by atoms with Crippen LogP contribution in [-0.4, -0.2) is 18.1 Å². The molecule has 0 atom stereocenters. The zero-order valence-corrected chi connectivity index (χ0v) is 11.6. The second-order valence-corrected chi connectivity index (χ2v) is 5.32. The molecule has 3 nitrogen and oxygen atoms in total. The molecule has 0 unspecified atom stereocenters. The Morgan fingerprint density at radius 3 is 2.74 bits per heavy atom. The second-order valence-electron chi connectivity index (χ2n) is 5.32. The molecule has 3 rings (SSSR count). The number of aryl methyl sites for hydroxylation is 1. The van der Waals surface area contributed by atoms with E-state index in [1.165, 1.54) is 31.4 Å². The number of hydrogen-bond acceptors (Lipinski definition) is 3. The largest absolute Gasteiger partial charge is 0.497 e. The Morgan fingerprint density at radius 2 is 2.00 bits per heavy atom. The van der Waals surface area contributed by atoms with Gasteiger partial charge in [-0.15, -0.1) is 0 Å². The molecule has 1 N–H and O–H groups in total. The predicted octanol–water partition coefficient (Wildman–Crippen LogP) is 3.91. The Morgan fingerprint density at radius 1 is 1.21 bits per heavy atom. The van der Waals surface area contributed by atoms with Gasteiger partial charge in [-0.25, -0.2) is 0 Å². The van der Waals surface area contributed by atoms with Crippen molar-refractivity contribution in [2.75, 3.05) is 12.4 Å². The maximum absolute atomic E-state index is 5.32. The summed E-state index contributed by atoms with van der Waals surface area (Å²) < 4.78 is 5.32. The SMILES string of the molecule is COc1ccc2nc(C)cc(NC3CCCC3)c2c1. The minimum absolute atomic E-state index is 0.608. The van der Waals surface area contributed by atoms with Crippen LogP contribution in [0.1, 0.15) is 31.4 Å². The molecule has 0 aliphatic heterocycles. The standard InChI is InChI=1S/C16H20N2O/c1-11-9-16(18-12-5-3-4-6-12)14-10-13(19-2)7-8-15(14)17-11/h7-10,12H,3-6H2,1-2H3,(H,17,18). The maximum atomic E-state index is 5.32. The minimum Gasteiger partial charge on any atom is -0.497 e. The Balaban J connectivity index is 2.04. The van der Waals surface area contributed by atoms with E-state index >= 15 is 0 Å². The third-order valence-corrected chi connectivity index (χ3v) is 3.86. The summed E-state index contributed by atoms with van der Waals surface area (Å²) in [7, 11) is 1.70. The van der Waals surface area contributed by atoms with Crippen molar-refractivity contribution in [1.29, 1.82) is 0 Å². The van der Waals surface area contributed by atoms with Crippen LogP contribution in [0.2, 0.25) is 0 Å². The molecule has 0 amide bonds. The molecule has 1 aromatic heterocycles. The highest BCUT2D eigenvalue weighted by atomic mass is 16.5. The number of aromatic nitrogens is 1. The van der Waals surface area contributed by atoms with Crippen molar-refractivity contribution in [3.8, 4) is 5.75 Å². The molecule has 1 aromatic carbocycles. The van der Waals surface area contributed by atoms with Gasteiger partial charge in [0.05, 0.1) is 12.6 Å². The van der Waals surface area contributed by atoms with Gasteiger partial charge in [-0.05, 0) is 44.0 Å². The van der Waals surface area contributed by atoms with Crippen molar-refractivity contribution in [3.05, 3.63) is 30.0 Å². The van der Waals surface area contributed by atoms with Gasteiger partial charge in [0, 0.05) is 22.8 Å². The van der Waals surface area contributed by atoms with E-state index in [2.05, 4.69) is 22.4 Å². The maximum Gasteiger partial charge on any atom is 0.119 e. The number of rotatable bonds is 3. The molecular formula is C16H20N2O. The first-order chi connectivity index (χ1) is 9.26. The number of methoxy groups -OCH3 is 1. The van der Waals surface area contributed by atoms with E-state index < -0.39 is 0 Å². The molecule has 1 heterocycles. The first kappa shape index (κ1) is 12.3. The van der Waals surface area contributed by atoms with E-state index in [1.807, 2.05) is 19.1 Å². The Kier molecular flexibility index (Phi) is 3.28. The van der Waals surface area contributed by atoms with E-state index in [0.717, 1.165) is 22.3 Å². The van der Waals surface area contributed by atoms with Crippen molar-refractivity contribution < 1.29 is 4.74 Å². The summed E-state index contributed by atoms with van der Waals surface area (Å²) in [5, 5.41) is 4.83. The molecule has 1 saturated carbocycles. The summed E-state index contributed by atoms with van der Waals surface area (Å²) in [6.45, 7) is 2.05. The molecule has 0 radical (unpaired) electrons. The van der Waals surface area contributed by atoms with Gasteiger partial charge in [-0.2, -0.15) is 0 Å². The van der Waals surface area contributed by atoms with E-state index in [1.54, 1.807) is 7.11 Å². The van der Waals surface area contributed by atoms with Crippen molar-refractivity contribution in [2.45, 2.75) is 38.6 Å². The number of ether oxygens (including phenoxy) is 1. The van der Waals surface area contributed by atoms with Crippen molar-refractivity contribution >= 4 is 16.6 Å². The molecule has 2 aromatic rings. The highest BCUT2D eigenvalue weighted by Crippen LogP contribution is 2.30. The van der Waals surface area contributed by atoms with Crippen LogP contribution in [-0.2, 0) is 0 Å². The van der Waals surface area contributed by atoms with E-state index in [-0.39, 0.29) is 0 Å². The monoisotopic (exact) mass is 256 g/mol. The average Bonchev–Trinajstić information content (AvgIpc) is 2.91. The van der Waals surface area contributed by atoms with Crippen molar-refractivity contribution in [1.82, 2.24) is 4.98 Å². The van der Waals surface area contributed by atoms with Gasteiger partial charge in [0.25, 0.3) is 0 Å². The second kappa shape index (κ2) is 5.08. The summed E-state index contributed by atoms with van der Waals surface area (Å²) in [5.74, 6) is 0.882. The first-order valence-corrected chi connectivity index (χ1v) is 6.98. The summed E-state index contributed by atoms with van der Waals surface area (Å²) >= 11 is 0. The number of anilines is 1. The average molecular weight is 256 g/mol. The molecule has 100 valence electrons. The predicted molar refractivity (Wildman–Crippen MR) is 78.9 cm³/mol. The van der Waals surface area contributed by atoms with Gasteiger partial charge in [0.2, 0.25) is 0 Å². The van der Waals surface area contributed by atoms with Gasteiger partial charge >= 0.3 is 0 Å². The molecule has 1 aliphatic carbocycles. The highest BCUT2D eigenvalue weighted by Gasteiger charge is 2.16. The van der Waals surface area contributed by atoms with Crippen LogP contribution < -0.4 is 10.1 Å². The number of nitrogens with one attached hydrogen (secondary N) is 1. The van der Waals surface area contributed by atoms with Crippen LogP contribution in [0.3, 0.4) is 0 Å². The van der Waals surface area contributed by atoms with Crippen LogP contribution in [0.4, 0.5) is 5.69 Å². The van der Waals surface area contributed by atoms with Gasteiger partial charge < -0.3 is 10.1 Å². The normalized spacial score (nSPS) is 15.9. The lowest BCUT2D eigenvalue weighted by Gasteiger charge is -2.16. The minimum atomic E-state index is 0.608. The summed E-state index contributed by atoms with van der Waals surface area (Å²) in [6.07, 6.45) is 5.21. The van der Waals surface area contributed by atoms with Crippen molar-refractivity contribution in [3.63, 3.8) is 0 Å². The molecule has 3 heteroatoms. The topological polar surface area (TPSA) is 34.1 Å². The molecular weight excluding hydrogens is 236 g/mol. The highest BCUT2D eigenvalue weighted by molar-refractivity contribution is 5.92. The lowest BCUT2D eigenvalue weighted by molar-refractivity contribution is 0.415. The Hall–Kier alpha value is -1.77. The summed E-state index contributed by atoms with van der Waals surface area (Å²) in [6, 6.07) is 8.81. The van der Waals surface area contributed by atoms with Gasteiger partial charge in [-0.3, -0.25) is 4.98 Å². The first-order valence-electron chi connectivity index (χ1n) is 6.98. The number of benzene rings is 1. The molecule has 19 heavy (non-hydrogen) atoms. The number of hydrogen-bond donors (Lipinski definition) is 1. The van der Waals surface area contributed by atoms with E-state index in [9.17, 15) is 0 Å². The van der Waals surface area contributed by atoms with Gasteiger partial charge in [0.15, 0.2) is 0 Å². The molecule has 0 spiro atoms. The number of nitrogens with zero attached hydrogens (tertiary/aromatic N) is 1. The third kappa shape index (κ3) is 2.50. The summed E-state index contributed by atoms with van der Waals surface area (Å²) in [5.41, 5.74) is 3.27. The van der Waals surface area contributed by atoms with Crippen LogP contribution in [0.5, 0.6) is 5.75 Å². The quantitative estimate of drug-likeness (QED) is 0.904. The fourth-order valence-corrected chi connectivity index (χ4v) is 2.87. The van der Waals surface area contributed by atoms with Crippen LogP contribution in [0, 0.1) is 6.92 Å². The third-order valence-electron chi connectivity index (χ3n) is 3.86. The lowest BCUT2D eigenvalue weighted by Crippen LogP contribution is -2.15. The van der Waals surface area contributed by atoms with Crippen LogP contribution >= 0.6 is 0 Å². The number of pyridine rings is 1. The summed E-state index contributed by atoms with van der Waals surface area (Å²) in [4.78, 5) is 4.59. The number of fused-ring (bicyclic) bond motifs is 1. The van der Waals surface area contributed by atoms with Gasteiger partial charge in [-0.1, -0.05) is 12.8 Å². The van der Waals surface area contributed by atoms with Crippen LogP contribution in [0.15, 0.2) is 24.3 Å². The van der Waals surface area contributed by atoms with Crippen LogP contribution in [0.25, 0.3) is 10.9 Å². The Labute approximate surface area is 114 Å². The van der Waals surface area contributed by atoms with E-state index in [4.69, 9.17) is 4.74 Å². The Bertz CT molecular complexity index is 589. The smallest absolute Gasteiger partial charge is 0.119 e. The van der Waals surface area contributed by atoms with Crippen molar-refractivity contribution in [2.24, 2.45) is 0 Å². The molecule has 1 aliphatic rings. The molecule has 0 bridgehead atoms. The fourth-order valence-electron chi connectivity index (χ4n) is 2.87. The zero-order chi connectivity index (χ0) is 13.2. The molecule has 0 saturated heterocycles. The van der Waals surface area contributed by atoms with E-state index in [0.29, 0.717) is 6.04 Å². The zero-order valence-electron chi connectivity index (χ0n) is 11.6. The fraction of sp³-hybridized carbons (Fsp3) is 0.438. The molecule has 1 fully saturated rings.